The zero-order chi connectivity index (χ0) is 11.7. The number of aromatic amines is 1. The number of amides is 1. The molecule has 2 N–H and O–H groups in total. The summed E-state index contributed by atoms with van der Waals surface area (Å²) < 4.78 is 0. The lowest BCUT2D eigenvalue weighted by molar-refractivity contribution is 0.0931. The third-order valence-electron chi connectivity index (χ3n) is 3.96. The van der Waals surface area contributed by atoms with Gasteiger partial charge in [0, 0.05) is 17.3 Å². The maximum atomic E-state index is 12.1. The Morgan fingerprint density at radius 1 is 1.18 bits per heavy atom. The zero-order valence-electron chi connectivity index (χ0n) is 10.1. The van der Waals surface area contributed by atoms with Crippen molar-refractivity contribution in [2.75, 3.05) is 0 Å². The predicted octanol–water partition coefficient (Wildman–Crippen LogP) is 1.96. The van der Waals surface area contributed by atoms with Gasteiger partial charge in [-0.3, -0.25) is 9.89 Å². The van der Waals surface area contributed by atoms with Gasteiger partial charge in [-0.25, -0.2) is 0 Å². The summed E-state index contributed by atoms with van der Waals surface area (Å²) in [5.74, 6) is 0.0244. The van der Waals surface area contributed by atoms with Crippen molar-refractivity contribution in [3.63, 3.8) is 0 Å². The van der Waals surface area contributed by atoms with Crippen molar-refractivity contribution in [1.29, 1.82) is 0 Å². The van der Waals surface area contributed by atoms with Crippen LogP contribution < -0.4 is 5.32 Å². The Labute approximate surface area is 101 Å². The number of nitrogens with one attached hydrogen (secondary N) is 2. The quantitative estimate of drug-likeness (QED) is 0.820. The number of hydrogen-bond acceptors (Lipinski definition) is 2. The molecule has 92 valence electrons. The molecule has 1 aromatic heterocycles. The lowest BCUT2D eigenvalue weighted by Gasteiger charge is -2.13. The van der Waals surface area contributed by atoms with E-state index in [0.717, 1.165) is 31.2 Å². The average molecular weight is 233 g/mol. The highest BCUT2D eigenvalue weighted by atomic mass is 16.2. The van der Waals surface area contributed by atoms with Crippen LogP contribution in [0.5, 0.6) is 0 Å². The molecule has 1 saturated carbocycles. The van der Waals surface area contributed by atoms with Gasteiger partial charge >= 0.3 is 0 Å². The Morgan fingerprint density at radius 2 is 1.94 bits per heavy atom. The maximum Gasteiger partial charge on any atom is 0.272 e. The molecular weight excluding hydrogens is 214 g/mol. The molecule has 2 aliphatic carbocycles. The number of rotatable bonds is 2. The highest BCUT2D eigenvalue weighted by Gasteiger charge is 2.24. The summed E-state index contributed by atoms with van der Waals surface area (Å²) in [4.78, 5) is 12.1. The van der Waals surface area contributed by atoms with E-state index in [2.05, 4.69) is 15.5 Å². The molecule has 1 heterocycles. The van der Waals surface area contributed by atoms with E-state index in [-0.39, 0.29) is 5.91 Å². The lowest BCUT2D eigenvalue weighted by atomic mass is 9.95. The van der Waals surface area contributed by atoms with Gasteiger partial charge in [0.2, 0.25) is 0 Å². The first-order valence-electron chi connectivity index (χ1n) is 6.71. The van der Waals surface area contributed by atoms with Crippen LogP contribution in [0.25, 0.3) is 0 Å². The van der Waals surface area contributed by atoms with Gasteiger partial charge in [-0.2, -0.15) is 5.10 Å². The van der Waals surface area contributed by atoms with E-state index in [4.69, 9.17) is 0 Å². The SMILES string of the molecule is O=C(NC1CCCC1)c1n[nH]c2c1CCCC2. The number of carbonyl (C=O) groups is 1. The second-order valence-electron chi connectivity index (χ2n) is 5.19. The first-order chi connectivity index (χ1) is 8.34. The Balaban J connectivity index is 1.74. The van der Waals surface area contributed by atoms with Gasteiger partial charge in [0.15, 0.2) is 5.69 Å². The molecule has 1 fully saturated rings. The molecule has 2 aliphatic rings. The fourth-order valence-electron chi connectivity index (χ4n) is 2.99. The van der Waals surface area contributed by atoms with Gasteiger partial charge in [-0.05, 0) is 38.5 Å². The average Bonchev–Trinajstić information content (AvgIpc) is 2.96. The van der Waals surface area contributed by atoms with Gasteiger partial charge in [-0.1, -0.05) is 12.8 Å². The normalized spacial score (nSPS) is 20.2. The zero-order valence-corrected chi connectivity index (χ0v) is 10.1. The van der Waals surface area contributed by atoms with Crippen molar-refractivity contribution in [2.45, 2.75) is 57.4 Å². The summed E-state index contributed by atoms with van der Waals surface area (Å²) in [6.45, 7) is 0. The summed E-state index contributed by atoms with van der Waals surface area (Å²) in [6, 6.07) is 0.374. The van der Waals surface area contributed by atoms with Crippen molar-refractivity contribution < 1.29 is 4.79 Å². The fourth-order valence-corrected chi connectivity index (χ4v) is 2.99. The molecule has 0 radical (unpaired) electrons. The molecule has 4 heteroatoms. The summed E-state index contributed by atoms with van der Waals surface area (Å²) in [6.07, 6.45) is 9.15. The van der Waals surface area contributed by atoms with E-state index in [0.29, 0.717) is 11.7 Å². The first-order valence-corrected chi connectivity index (χ1v) is 6.71. The highest BCUT2D eigenvalue weighted by Crippen LogP contribution is 2.23. The number of aromatic nitrogens is 2. The molecule has 0 atom stereocenters. The number of hydrogen-bond donors (Lipinski definition) is 2. The number of nitrogens with zero attached hydrogens (tertiary/aromatic N) is 1. The Hall–Kier alpha value is -1.32. The van der Waals surface area contributed by atoms with Gasteiger partial charge < -0.3 is 5.32 Å². The van der Waals surface area contributed by atoms with Crippen LogP contribution in [0.4, 0.5) is 0 Å². The summed E-state index contributed by atoms with van der Waals surface area (Å²) in [5.41, 5.74) is 2.98. The Bertz CT molecular complexity index is 418. The van der Waals surface area contributed by atoms with Crippen LogP contribution in [0.15, 0.2) is 0 Å². The molecule has 0 unspecified atom stereocenters. The number of H-pyrrole nitrogens is 1. The summed E-state index contributed by atoms with van der Waals surface area (Å²) in [5, 5.41) is 10.3. The molecule has 0 aliphatic heterocycles. The molecule has 1 aromatic rings. The van der Waals surface area contributed by atoms with Crippen LogP contribution in [-0.4, -0.2) is 22.1 Å². The molecule has 0 spiro atoms. The van der Waals surface area contributed by atoms with Crippen molar-refractivity contribution in [3.8, 4) is 0 Å². The second kappa shape index (κ2) is 4.51. The van der Waals surface area contributed by atoms with Crippen LogP contribution >= 0.6 is 0 Å². The third-order valence-corrected chi connectivity index (χ3v) is 3.96. The number of carbonyl (C=O) groups excluding carboxylic acids is 1. The minimum absolute atomic E-state index is 0.0244. The Kier molecular flexibility index (Phi) is 2.87. The molecule has 0 saturated heterocycles. The first kappa shape index (κ1) is 10.8. The van der Waals surface area contributed by atoms with Crippen LogP contribution in [0.1, 0.15) is 60.3 Å². The second-order valence-corrected chi connectivity index (χ2v) is 5.19. The van der Waals surface area contributed by atoms with Crippen molar-refractivity contribution in [3.05, 3.63) is 17.0 Å². The molecule has 17 heavy (non-hydrogen) atoms. The maximum absolute atomic E-state index is 12.1. The lowest BCUT2D eigenvalue weighted by Crippen LogP contribution is -2.33. The van der Waals surface area contributed by atoms with E-state index in [9.17, 15) is 4.79 Å². The Morgan fingerprint density at radius 3 is 2.76 bits per heavy atom. The van der Waals surface area contributed by atoms with E-state index in [1.54, 1.807) is 0 Å². The highest BCUT2D eigenvalue weighted by molar-refractivity contribution is 5.94. The van der Waals surface area contributed by atoms with Crippen molar-refractivity contribution in [2.24, 2.45) is 0 Å². The van der Waals surface area contributed by atoms with Crippen molar-refractivity contribution >= 4 is 5.91 Å². The van der Waals surface area contributed by atoms with Crippen LogP contribution in [0.3, 0.4) is 0 Å². The van der Waals surface area contributed by atoms with Gasteiger partial charge in [-0.15, -0.1) is 0 Å². The molecule has 0 bridgehead atoms. The van der Waals surface area contributed by atoms with E-state index in [1.165, 1.54) is 31.4 Å². The van der Waals surface area contributed by atoms with Crippen LogP contribution in [-0.2, 0) is 12.8 Å². The van der Waals surface area contributed by atoms with Crippen LogP contribution in [0, 0.1) is 0 Å². The smallest absolute Gasteiger partial charge is 0.272 e. The number of aryl methyl sites for hydroxylation is 1. The number of fused-ring (bicyclic) bond motifs is 1. The van der Waals surface area contributed by atoms with Gasteiger partial charge in [0.05, 0.1) is 0 Å². The van der Waals surface area contributed by atoms with E-state index >= 15 is 0 Å². The predicted molar refractivity (Wildman–Crippen MR) is 65.0 cm³/mol. The van der Waals surface area contributed by atoms with E-state index in [1.807, 2.05) is 0 Å². The third kappa shape index (κ3) is 2.08. The molecule has 0 aromatic carbocycles. The monoisotopic (exact) mass is 233 g/mol. The largest absolute Gasteiger partial charge is 0.348 e. The van der Waals surface area contributed by atoms with Crippen LogP contribution in [0.2, 0.25) is 0 Å². The topological polar surface area (TPSA) is 57.8 Å². The van der Waals surface area contributed by atoms with Gasteiger partial charge in [0.25, 0.3) is 5.91 Å². The summed E-state index contributed by atoms with van der Waals surface area (Å²) >= 11 is 0. The molecule has 3 rings (SSSR count). The summed E-state index contributed by atoms with van der Waals surface area (Å²) in [7, 11) is 0. The molecule has 4 nitrogen and oxygen atoms in total. The molecule has 1 amide bonds. The van der Waals surface area contributed by atoms with Gasteiger partial charge in [0.1, 0.15) is 0 Å². The minimum atomic E-state index is 0.0244. The molecular formula is C13H19N3O. The van der Waals surface area contributed by atoms with Crippen molar-refractivity contribution in [1.82, 2.24) is 15.5 Å². The standard InChI is InChI=1S/C13H19N3O/c17-13(14-9-5-1-2-6-9)12-10-7-3-4-8-11(10)15-16-12/h9H,1-8H2,(H,14,17)(H,15,16). The fraction of sp³-hybridized carbons (Fsp3) is 0.692. The minimum Gasteiger partial charge on any atom is -0.348 e. The van der Waals surface area contributed by atoms with E-state index < -0.39 is 0 Å².